The van der Waals surface area contributed by atoms with Crippen LogP contribution in [0.15, 0.2) is 35.7 Å². The van der Waals surface area contributed by atoms with Crippen LogP contribution in [0.5, 0.6) is 0 Å². The van der Waals surface area contributed by atoms with Gasteiger partial charge in [0.2, 0.25) is 0 Å². The molecular formula is C12H9BrClFS. The van der Waals surface area contributed by atoms with Crippen molar-refractivity contribution in [3.8, 4) is 0 Å². The van der Waals surface area contributed by atoms with Crippen LogP contribution in [0.2, 0.25) is 5.02 Å². The Kier molecular flexibility index (Phi) is 4.00. The highest BCUT2D eigenvalue weighted by Crippen LogP contribution is 2.34. The summed E-state index contributed by atoms with van der Waals surface area (Å²) in [5.74, 6) is -0.366. The van der Waals surface area contributed by atoms with Crippen LogP contribution in [-0.4, -0.2) is 0 Å². The predicted molar refractivity (Wildman–Crippen MR) is 71.1 cm³/mol. The van der Waals surface area contributed by atoms with Crippen molar-refractivity contribution in [2.75, 3.05) is 0 Å². The van der Waals surface area contributed by atoms with Gasteiger partial charge < -0.3 is 0 Å². The van der Waals surface area contributed by atoms with E-state index in [1.165, 1.54) is 10.9 Å². The third-order valence-corrected chi connectivity index (χ3v) is 4.39. The second-order valence-corrected chi connectivity index (χ2v) is 5.91. The Labute approximate surface area is 111 Å². The van der Waals surface area contributed by atoms with E-state index in [1.807, 2.05) is 17.5 Å². The third-order valence-electron chi connectivity index (χ3n) is 2.28. The molecule has 0 bridgehead atoms. The summed E-state index contributed by atoms with van der Waals surface area (Å²) in [5, 5.41) is 2.24. The number of benzene rings is 1. The van der Waals surface area contributed by atoms with Crippen molar-refractivity contribution in [2.45, 2.75) is 11.2 Å². The second kappa shape index (κ2) is 5.30. The average Bonchev–Trinajstić information content (AvgIpc) is 2.74. The Balaban J connectivity index is 2.21. The molecule has 84 valence electrons. The SMILES string of the molecule is Fc1cccc(C(Br)Cc2cccs2)c1Cl. The van der Waals surface area contributed by atoms with Crippen molar-refractivity contribution in [1.29, 1.82) is 0 Å². The van der Waals surface area contributed by atoms with Gasteiger partial charge in [0, 0.05) is 9.70 Å². The summed E-state index contributed by atoms with van der Waals surface area (Å²) in [5.41, 5.74) is 0.801. The Morgan fingerprint density at radius 3 is 2.81 bits per heavy atom. The van der Waals surface area contributed by atoms with Crippen LogP contribution in [0.4, 0.5) is 4.39 Å². The van der Waals surface area contributed by atoms with E-state index in [2.05, 4.69) is 22.0 Å². The molecule has 0 N–H and O–H groups in total. The van der Waals surface area contributed by atoms with E-state index in [-0.39, 0.29) is 15.7 Å². The molecule has 2 aromatic rings. The summed E-state index contributed by atoms with van der Waals surface area (Å²) in [6.45, 7) is 0. The van der Waals surface area contributed by atoms with Gasteiger partial charge >= 0.3 is 0 Å². The van der Waals surface area contributed by atoms with Gasteiger partial charge in [0.05, 0.1) is 5.02 Å². The lowest BCUT2D eigenvalue weighted by molar-refractivity contribution is 0.625. The minimum Gasteiger partial charge on any atom is -0.205 e. The normalized spacial score (nSPS) is 12.7. The zero-order chi connectivity index (χ0) is 11.5. The number of thiophene rings is 1. The fraction of sp³-hybridized carbons (Fsp3) is 0.167. The largest absolute Gasteiger partial charge is 0.205 e. The lowest BCUT2D eigenvalue weighted by Crippen LogP contribution is -1.96. The molecule has 1 heterocycles. The summed E-state index contributed by atoms with van der Waals surface area (Å²) in [6, 6.07) is 8.97. The molecule has 0 aliphatic rings. The Morgan fingerprint density at radius 2 is 2.12 bits per heavy atom. The minimum atomic E-state index is -0.366. The van der Waals surface area contributed by atoms with E-state index >= 15 is 0 Å². The zero-order valence-electron chi connectivity index (χ0n) is 8.29. The average molecular weight is 320 g/mol. The molecule has 4 heteroatoms. The number of hydrogen-bond donors (Lipinski definition) is 0. The molecule has 2 rings (SSSR count). The molecule has 1 atom stereocenters. The van der Waals surface area contributed by atoms with Gasteiger partial charge in [0.15, 0.2) is 0 Å². The predicted octanol–water partition coefficient (Wildman–Crippen LogP) is 5.22. The van der Waals surface area contributed by atoms with Crippen LogP contribution in [0.3, 0.4) is 0 Å². The highest BCUT2D eigenvalue weighted by Gasteiger charge is 2.14. The number of rotatable bonds is 3. The summed E-state index contributed by atoms with van der Waals surface area (Å²) in [4.78, 5) is 1.30. The molecule has 0 fully saturated rings. The molecule has 1 aromatic heterocycles. The molecule has 1 aromatic carbocycles. The van der Waals surface area contributed by atoms with E-state index in [0.29, 0.717) is 0 Å². The zero-order valence-corrected chi connectivity index (χ0v) is 11.4. The maximum absolute atomic E-state index is 13.3. The Bertz CT molecular complexity index is 470. The fourth-order valence-electron chi connectivity index (χ4n) is 1.48. The van der Waals surface area contributed by atoms with Gasteiger partial charge in [-0.15, -0.1) is 11.3 Å². The highest BCUT2D eigenvalue weighted by molar-refractivity contribution is 9.09. The molecule has 0 radical (unpaired) electrons. The summed E-state index contributed by atoms with van der Waals surface area (Å²) >= 11 is 11.2. The lowest BCUT2D eigenvalue weighted by atomic mass is 10.1. The van der Waals surface area contributed by atoms with Crippen molar-refractivity contribution in [1.82, 2.24) is 0 Å². The van der Waals surface area contributed by atoms with Gasteiger partial charge in [0.25, 0.3) is 0 Å². The van der Waals surface area contributed by atoms with Gasteiger partial charge in [-0.25, -0.2) is 4.39 Å². The molecule has 0 aliphatic heterocycles. The van der Waals surface area contributed by atoms with E-state index in [1.54, 1.807) is 17.4 Å². The minimum absolute atomic E-state index is 0.0503. The summed E-state index contributed by atoms with van der Waals surface area (Å²) < 4.78 is 13.3. The van der Waals surface area contributed by atoms with Crippen LogP contribution in [0, 0.1) is 5.82 Å². The van der Waals surface area contributed by atoms with E-state index < -0.39 is 0 Å². The van der Waals surface area contributed by atoms with Crippen LogP contribution < -0.4 is 0 Å². The monoisotopic (exact) mass is 318 g/mol. The van der Waals surface area contributed by atoms with Crippen molar-refractivity contribution >= 4 is 38.9 Å². The standard InChI is InChI=1S/C12H9BrClFS/c13-10(7-8-3-2-6-16-8)9-4-1-5-11(15)12(9)14/h1-6,10H,7H2. The molecule has 0 saturated carbocycles. The number of alkyl halides is 1. The van der Waals surface area contributed by atoms with Crippen molar-refractivity contribution in [3.63, 3.8) is 0 Å². The Hall–Kier alpha value is -0.380. The number of halogens is 3. The van der Waals surface area contributed by atoms with Crippen LogP contribution >= 0.6 is 38.9 Å². The summed E-state index contributed by atoms with van der Waals surface area (Å²) in [7, 11) is 0. The van der Waals surface area contributed by atoms with Crippen LogP contribution in [0.1, 0.15) is 15.3 Å². The van der Waals surface area contributed by atoms with Crippen molar-refractivity contribution in [2.24, 2.45) is 0 Å². The first kappa shape index (κ1) is 12.1. The molecule has 0 amide bonds. The maximum atomic E-state index is 13.3. The molecule has 0 nitrogen and oxygen atoms in total. The van der Waals surface area contributed by atoms with Crippen molar-refractivity contribution < 1.29 is 4.39 Å². The quantitative estimate of drug-likeness (QED) is 0.680. The molecule has 0 aliphatic carbocycles. The summed E-state index contributed by atoms with van der Waals surface area (Å²) in [6.07, 6.45) is 0.820. The first-order valence-electron chi connectivity index (χ1n) is 4.79. The Morgan fingerprint density at radius 1 is 1.31 bits per heavy atom. The van der Waals surface area contributed by atoms with Gasteiger partial charge in [-0.1, -0.05) is 45.7 Å². The number of hydrogen-bond acceptors (Lipinski definition) is 1. The molecule has 1 unspecified atom stereocenters. The van der Waals surface area contributed by atoms with Gasteiger partial charge in [-0.2, -0.15) is 0 Å². The van der Waals surface area contributed by atoms with E-state index in [9.17, 15) is 4.39 Å². The maximum Gasteiger partial charge on any atom is 0.142 e. The lowest BCUT2D eigenvalue weighted by Gasteiger charge is -2.11. The van der Waals surface area contributed by atoms with E-state index in [0.717, 1.165) is 12.0 Å². The van der Waals surface area contributed by atoms with E-state index in [4.69, 9.17) is 11.6 Å². The van der Waals surface area contributed by atoms with Gasteiger partial charge in [0.1, 0.15) is 5.82 Å². The van der Waals surface area contributed by atoms with Gasteiger partial charge in [-0.05, 0) is 29.5 Å². The molecular weight excluding hydrogens is 311 g/mol. The first-order valence-corrected chi connectivity index (χ1v) is 6.96. The van der Waals surface area contributed by atoms with Crippen LogP contribution in [0.25, 0.3) is 0 Å². The molecule has 0 saturated heterocycles. The van der Waals surface area contributed by atoms with Gasteiger partial charge in [-0.3, -0.25) is 0 Å². The third kappa shape index (κ3) is 2.65. The smallest absolute Gasteiger partial charge is 0.142 e. The fourth-order valence-corrected chi connectivity index (χ4v) is 3.56. The topological polar surface area (TPSA) is 0 Å². The molecule has 16 heavy (non-hydrogen) atoms. The first-order chi connectivity index (χ1) is 7.68. The van der Waals surface area contributed by atoms with Crippen LogP contribution in [-0.2, 0) is 6.42 Å². The highest BCUT2D eigenvalue weighted by atomic mass is 79.9. The van der Waals surface area contributed by atoms with Crippen molar-refractivity contribution in [3.05, 3.63) is 57.0 Å². The second-order valence-electron chi connectivity index (χ2n) is 3.39. The molecule has 0 spiro atoms.